The second kappa shape index (κ2) is 6.50. The first-order chi connectivity index (χ1) is 9.58. The first kappa shape index (κ1) is 14.5. The van der Waals surface area contributed by atoms with Gasteiger partial charge in [0.25, 0.3) is 0 Å². The van der Waals surface area contributed by atoms with Crippen LogP contribution in [0.3, 0.4) is 0 Å². The molecule has 0 bridgehead atoms. The monoisotopic (exact) mass is 276 g/mol. The minimum atomic E-state index is -0.858. The summed E-state index contributed by atoms with van der Waals surface area (Å²) in [6.07, 6.45) is 5.43. The zero-order valence-corrected chi connectivity index (χ0v) is 11.6. The molecular weight excluding hydrogens is 256 g/mol. The second-order valence-corrected chi connectivity index (χ2v) is 5.52. The molecule has 1 heterocycles. The van der Waals surface area contributed by atoms with E-state index < -0.39 is 11.9 Å². The van der Waals surface area contributed by atoms with Gasteiger partial charge in [0.1, 0.15) is 0 Å². The molecular formula is C15H20N2O3. The third-order valence-corrected chi connectivity index (χ3v) is 3.91. The van der Waals surface area contributed by atoms with E-state index in [1.54, 1.807) is 12.4 Å². The summed E-state index contributed by atoms with van der Waals surface area (Å²) in [5.74, 6) is -1.61. The lowest BCUT2D eigenvalue weighted by atomic mass is 9.95. The molecule has 0 spiro atoms. The third-order valence-electron chi connectivity index (χ3n) is 3.91. The van der Waals surface area contributed by atoms with E-state index in [0.29, 0.717) is 25.3 Å². The van der Waals surface area contributed by atoms with Gasteiger partial charge in [-0.25, -0.2) is 0 Å². The second-order valence-electron chi connectivity index (χ2n) is 5.52. The Bertz CT molecular complexity index is 475. The number of aromatic nitrogens is 1. The van der Waals surface area contributed by atoms with Crippen LogP contribution >= 0.6 is 0 Å². The van der Waals surface area contributed by atoms with Crippen LogP contribution in [0.2, 0.25) is 0 Å². The number of carbonyl (C=O) groups is 2. The van der Waals surface area contributed by atoms with E-state index in [4.69, 9.17) is 5.11 Å². The number of amides is 1. The van der Waals surface area contributed by atoms with Crippen molar-refractivity contribution in [1.29, 1.82) is 0 Å². The number of nitrogens with one attached hydrogen (secondary N) is 1. The maximum absolute atomic E-state index is 12.1. The smallest absolute Gasteiger partial charge is 0.307 e. The van der Waals surface area contributed by atoms with Crippen molar-refractivity contribution < 1.29 is 14.7 Å². The summed E-state index contributed by atoms with van der Waals surface area (Å²) in [7, 11) is 0. The standard InChI is InChI=1S/C15H20N2O3/c1-10-8-12(13(9-10)15(19)20)14(18)17-7-4-11-2-5-16-6-3-11/h2-3,5-6,10,12-13H,4,7-9H2,1H3,(H,17,18)(H,19,20). The molecule has 1 amide bonds. The fourth-order valence-electron chi connectivity index (χ4n) is 2.87. The maximum atomic E-state index is 12.1. The summed E-state index contributed by atoms with van der Waals surface area (Å²) in [6.45, 7) is 2.53. The van der Waals surface area contributed by atoms with E-state index in [0.717, 1.165) is 12.0 Å². The predicted molar refractivity (Wildman–Crippen MR) is 74.0 cm³/mol. The summed E-state index contributed by atoms with van der Waals surface area (Å²) >= 11 is 0. The zero-order chi connectivity index (χ0) is 14.5. The molecule has 0 aromatic carbocycles. The van der Waals surface area contributed by atoms with Gasteiger partial charge in [0.05, 0.1) is 11.8 Å². The van der Waals surface area contributed by atoms with Crippen LogP contribution in [0.15, 0.2) is 24.5 Å². The third kappa shape index (κ3) is 3.56. The number of hydrogen-bond acceptors (Lipinski definition) is 3. The molecule has 1 aromatic rings. The lowest BCUT2D eigenvalue weighted by molar-refractivity contribution is -0.146. The summed E-state index contributed by atoms with van der Waals surface area (Å²) in [6, 6.07) is 3.81. The lowest BCUT2D eigenvalue weighted by Crippen LogP contribution is -2.36. The number of pyridine rings is 1. The number of carboxylic acids is 1. The topological polar surface area (TPSA) is 79.3 Å². The molecule has 1 aliphatic rings. The average Bonchev–Trinajstić information content (AvgIpc) is 2.82. The summed E-state index contributed by atoms with van der Waals surface area (Å²) in [4.78, 5) is 27.2. The van der Waals surface area contributed by atoms with Gasteiger partial charge in [-0.05, 0) is 42.9 Å². The Balaban J connectivity index is 1.84. The highest BCUT2D eigenvalue weighted by Crippen LogP contribution is 2.36. The Kier molecular flexibility index (Phi) is 4.71. The van der Waals surface area contributed by atoms with Gasteiger partial charge in [-0.15, -0.1) is 0 Å². The molecule has 3 atom stereocenters. The van der Waals surface area contributed by atoms with Crippen molar-refractivity contribution in [3.05, 3.63) is 30.1 Å². The molecule has 1 fully saturated rings. The van der Waals surface area contributed by atoms with Gasteiger partial charge in [0.2, 0.25) is 5.91 Å². The molecule has 1 aromatic heterocycles. The Hall–Kier alpha value is -1.91. The molecule has 20 heavy (non-hydrogen) atoms. The number of hydrogen-bond donors (Lipinski definition) is 2. The number of nitrogens with zero attached hydrogens (tertiary/aromatic N) is 1. The van der Waals surface area contributed by atoms with Crippen LogP contribution in [0.1, 0.15) is 25.3 Å². The molecule has 5 heteroatoms. The summed E-state index contributed by atoms with van der Waals surface area (Å²) < 4.78 is 0. The van der Waals surface area contributed by atoms with Gasteiger partial charge in [-0.1, -0.05) is 6.92 Å². The van der Waals surface area contributed by atoms with Crippen LogP contribution in [-0.2, 0) is 16.0 Å². The minimum Gasteiger partial charge on any atom is -0.481 e. The van der Waals surface area contributed by atoms with Gasteiger partial charge in [0, 0.05) is 18.9 Å². The molecule has 0 saturated heterocycles. The Morgan fingerprint density at radius 2 is 1.95 bits per heavy atom. The zero-order valence-electron chi connectivity index (χ0n) is 11.6. The molecule has 3 unspecified atom stereocenters. The van der Waals surface area contributed by atoms with Gasteiger partial charge in [0.15, 0.2) is 0 Å². The van der Waals surface area contributed by atoms with Crippen LogP contribution in [0.4, 0.5) is 0 Å². The van der Waals surface area contributed by atoms with Crippen LogP contribution in [0, 0.1) is 17.8 Å². The van der Waals surface area contributed by atoms with E-state index >= 15 is 0 Å². The first-order valence-corrected chi connectivity index (χ1v) is 6.97. The van der Waals surface area contributed by atoms with Crippen molar-refractivity contribution >= 4 is 11.9 Å². The molecule has 5 nitrogen and oxygen atoms in total. The molecule has 1 aliphatic carbocycles. The number of carboxylic acid groups (broad SMARTS) is 1. The predicted octanol–water partition coefficient (Wildman–Crippen LogP) is 1.49. The van der Waals surface area contributed by atoms with Gasteiger partial charge in [-0.3, -0.25) is 14.6 Å². The van der Waals surface area contributed by atoms with Gasteiger partial charge in [-0.2, -0.15) is 0 Å². The van der Waals surface area contributed by atoms with Crippen LogP contribution in [0.25, 0.3) is 0 Å². The van der Waals surface area contributed by atoms with Gasteiger partial charge < -0.3 is 10.4 Å². The average molecular weight is 276 g/mol. The number of rotatable bonds is 5. The fraction of sp³-hybridized carbons (Fsp3) is 0.533. The quantitative estimate of drug-likeness (QED) is 0.854. The number of carbonyl (C=O) groups excluding carboxylic acids is 1. The summed E-state index contributed by atoms with van der Waals surface area (Å²) in [5.41, 5.74) is 1.11. The molecule has 1 saturated carbocycles. The maximum Gasteiger partial charge on any atom is 0.307 e. The van der Waals surface area contributed by atoms with Crippen molar-refractivity contribution in [3.63, 3.8) is 0 Å². The molecule has 0 aliphatic heterocycles. The fourth-order valence-corrected chi connectivity index (χ4v) is 2.87. The van der Waals surface area contributed by atoms with E-state index in [1.165, 1.54) is 0 Å². The normalized spacial score (nSPS) is 25.4. The SMILES string of the molecule is CC1CC(C(=O)O)C(C(=O)NCCc2ccncc2)C1. The Morgan fingerprint density at radius 1 is 1.30 bits per heavy atom. The molecule has 2 N–H and O–H groups in total. The molecule has 0 radical (unpaired) electrons. The van der Waals surface area contributed by atoms with Crippen LogP contribution in [-0.4, -0.2) is 28.5 Å². The van der Waals surface area contributed by atoms with Crippen molar-refractivity contribution in [3.8, 4) is 0 Å². The highest BCUT2D eigenvalue weighted by Gasteiger charge is 2.40. The highest BCUT2D eigenvalue weighted by molar-refractivity contribution is 5.85. The van der Waals surface area contributed by atoms with Crippen molar-refractivity contribution in [1.82, 2.24) is 10.3 Å². The molecule has 2 rings (SSSR count). The van der Waals surface area contributed by atoms with E-state index in [9.17, 15) is 9.59 Å². The number of aliphatic carboxylic acids is 1. The van der Waals surface area contributed by atoms with E-state index in [1.807, 2.05) is 19.1 Å². The Morgan fingerprint density at radius 3 is 2.60 bits per heavy atom. The van der Waals surface area contributed by atoms with Gasteiger partial charge >= 0.3 is 5.97 Å². The molecule has 108 valence electrons. The van der Waals surface area contributed by atoms with Crippen LogP contribution < -0.4 is 5.32 Å². The largest absolute Gasteiger partial charge is 0.481 e. The lowest BCUT2D eigenvalue weighted by Gasteiger charge is -2.15. The van der Waals surface area contributed by atoms with Crippen molar-refractivity contribution in [2.45, 2.75) is 26.2 Å². The van der Waals surface area contributed by atoms with E-state index in [2.05, 4.69) is 10.3 Å². The van der Waals surface area contributed by atoms with Crippen molar-refractivity contribution in [2.75, 3.05) is 6.54 Å². The first-order valence-electron chi connectivity index (χ1n) is 6.97. The summed E-state index contributed by atoms with van der Waals surface area (Å²) in [5, 5.41) is 12.0. The van der Waals surface area contributed by atoms with Crippen LogP contribution in [0.5, 0.6) is 0 Å². The van der Waals surface area contributed by atoms with Crippen molar-refractivity contribution in [2.24, 2.45) is 17.8 Å². The Labute approximate surface area is 118 Å². The highest BCUT2D eigenvalue weighted by atomic mass is 16.4. The van der Waals surface area contributed by atoms with E-state index in [-0.39, 0.29) is 11.8 Å². The minimum absolute atomic E-state index is 0.129.